The highest BCUT2D eigenvalue weighted by molar-refractivity contribution is 5.97. The van der Waals surface area contributed by atoms with Crippen LogP contribution in [0.3, 0.4) is 0 Å². The lowest BCUT2D eigenvalue weighted by Crippen LogP contribution is -2.22. The van der Waals surface area contributed by atoms with Crippen LogP contribution >= 0.6 is 0 Å². The van der Waals surface area contributed by atoms with E-state index in [9.17, 15) is 18.0 Å². The Morgan fingerprint density at radius 3 is 2.80 bits per heavy atom. The first-order chi connectivity index (χ1) is 6.97. The van der Waals surface area contributed by atoms with Gasteiger partial charge < -0.3 is 0 Å². The number of carbonyl (C=O) groups is 1. The molecule has 0 radical (unpaired) electrons. The number of aromatic nitrogens is 2. The van der Waals surface area contributed by atoms with Gasteiger partial charge in [-0.05, 0) is 12.8 Å². The molecule has 1 aliphatic carbocycles. The van der Waals surface area contributed by atoms with E-state index in [0.29, 0.717) is 30.5 Å². The smallest absolute Gasteiger partial charge is 0.294 e. The Hall–Kier alpha value is -1.33. The number of ketones is 1. The lowest BCUT2D eigenvalue weighted by molar-refractivity contribution is -0.143. The summed E-state index contributed by atoms with van der Waals surface area (Å²) < 4.78 is 37.3. The van der Waals surface area contributed by atoms with Gasteiger partial charge >= 0.3 is 6.18 Å². The number of Topliss-reactive ketones (excluding diaryl/α,β-unsaturated/α-hetero) is 1. The lowest BCUT2D eigenvalue weighted by Gasteiger charge is -2.14. The maximum Gasteiger partial charge on any atom is 0.408 e. The third-order valence-electron chi connectivity index (χ3n) is 2.40. The van der Waals surface area contributed by atoms with Gasteiger partial charge in [-0.15, -0.1) is 0 Å². The minimum atomic E-state index is -4.29. The van der Waals surface area contributed by atoms with Crippen LogP contribution in [0.25, 0.3) is 0 Å². The van der Waals surface area contributed by atoms with E-state index in [1.54, 1.807) is 0 Å². The molecule has 0 aromatic carbocycles. The van der Waals surface area contributed by atoms with E-state index in [1.807, 2.05) is 0 Å². The van der Waals surface area contributed by atoms with Crippen LogP contribution in [0.4, 0.5) is 13.2 Å². The quantitative estimate of drug-likeness (QED) is 0.722. The Labute approximate surface area is 83.9 Å². The molecule has 0 N–H and O–H groups in total. The van der Waals surface area contributed by atoms with Gasteiger partial charge in [0.1, 0.15) is 6.54 Å². The fraction of sp³-hybridized carbons (Fsp3) is 0.556. The lowest BCUT2D eigenvalue weighted by atomic mass is 9.97. The summed E-state index contributed by atoms with van der Waals surface area (Å²) in [6.45, 7) is -1.12. The average molecular weight is 218 g/mol. The summed E-state index contributed by atoms with van der Waals surface area (Å²) in [5.74, 6) is -0.107. The first kappa shape index (κ1) is 10.2. The monoisotopic (exact) mass is 218 g/mol. The molecule has 0 bridgehead atoms. The molecule has 0 unspecified atom stereocenters. The van der Waals surface area contributed by atoms with E-state index in [2.05, 4.69) is 5.10 Å². The van der Waals surface area contributed by atoms with Crippen molar-refractivity contribution in [3.8, 4) is 0 Å². The summed E-state index contributed by atoms with van der Waals surface area (Å²) in [7, 11) is 0. The molecule has 0 saturated heterocycles. The summed E-state index contributed by atoms with van der Waals surface area (Å²) in [4.78, 5) is 11.3. The van der Waals surface area contributed by atoms with Gasteiger partial charge in [-0.1, -0.05) is 0 Å². The van der Waals surface area contributed by atoms with Crippen molar-refractivity contribution < 1.29 is 18.0 Å². The van der Waals surface area contributed by atoms with Gasteiger partial charge in [0.05, 0.1) is 11.8 Å². The van der Waals surface area contributed by atoms with Gasteiger partial charge in [0.25, 0.3) is 0 Å². The molecule has 2 rings (SSSR count). The number of rotatable bonds is 1. The Morgan fingerprint density at radius 1 is 1.40 bits per heavy atom. The van der Waals surface area contributed by atoms with Crippen LogP contribution in [0.5, 0.6) is 0 Å². The summed E-state index contributed by atoms with van der Waals surface area (Å²) in [6, 6.07) is 0. The molecule has 0 aliphatic heterocycles. The largest absolute Gasteiger partial charge is 0.408 e. The highest BCUT2D eigenvalue weighted by atomic mass is 19.4. The Morgan fingerprint density at radius 2 is 2.13 bits per heavy atom. The fourth-order valence-corrected chi connectivity index (χ4v) is 1.76. The fourth-order valence-electron chi connectivity index (χ4n) is 1.76. The Kier molecular flexibility index (Phi) is 2.28. The van der Waals surface area contributed by atoms with E-state index >= 15 is 0 Å². The summed E-state index contributed by atoms with van der Waals surface area (Å²) in [5, 5.41) is 3.61. The first-order valence-electron chi connectivity index (χ1n) is 4.62. The molecule has 3 nitrogen and oxygen atoms in total. The minimum absolute atomic E-state index is 0.107. The zero-order chi connectivity index (χ0) is 11.1. The highest BCUT2D eigenvalue weighted by Crippen LogP contribution is 2.24. The van der Waals surface area contributed by atoms with Crippen molar-refractivity contribution in [3.05, 3.63) is 17.5 Å². The molecule has 0 fully saturated rings. The number of nitrogens with zero attached hydrogens (tertiary/aromatic N) is 2. The molecule has 6 heteroatoms. The topological polar surface area (TPSA) is 34.9 Å². The highest BCUT2D eigenvalue weighted by Gasteiger charge is 2.31. The van der Waals surface area contributed by atoms with Crippen LogP contribution in [-0.2, 0) is 13.0 Å². The van der Waals surface area contributed by atoms with Gasteiger partial charge in [0, 0.05) is 12.1 Å². The zero-order valence-corrected chi connectivity index (χ0v) is 7.84. The molecule has 1 aromatic heterocycles. The maximum atomic E-state index is 12.1. The SMILES string of the molecule is O=C1CCCc2c1cnn2CC(F)(F)F. The second-order valence-electron chi connectivity index (χ2n) is 3.55. The summed E-state index contributed by atoms with van der Waals surface area (Å²) in [5.41, 5.74) is 0.772. The third kappa shape index (κ3) is 2.03. The molecule has 1 aromatic rings. The number of hydrogen-bond donors (Lipinski definition) is 0. The average Bonchev–Trinajstić information content (AvgIpc) is 2.48. The van der Waals surface area contributed by atoms with Crippen molar-refractivity contribution in [3.63, 3.8) is 0 Å². The van der Waals surface area contributed by atoms with E-state index < -0.39 is 12.7 Å². The van der Waals surface area contributed by atoms with Gasteiger partial charge in [-0.3, -0.25) is 9.48 Å². The molecule has 1 heterocycles. The van der Waals surface area contributed by atoms with Crippen molar-refractivity contribution in [2.24, 2.45) is 0 Å². The van der Waals surface area contributed by atoms with E-state index in [0.717, 1.165) is 4.68 Å². The molecule has 0 atom stereocenters. The van der Waals surface area contributed by atoms with E-state index in [1.165, 1.54) is 6.20 Å². The molecular weight excluding hydrogens is 209 g/mol. The van der Waals surface area contributed by atoms with Gasteiger partial charge in [0.2, 0.25) is 0 Å². The predicted octanol–water partition coefficient (Wildman–Crippen LogP) is 1.96. The van der Waals surface area contributed by atoms with Crippen LogP contribution in [0.1, 0.15) is 28.9 Å². The van der Waals surface area contributed by atoms with Crippen molar-refractivity contribution >= 4 is 5.78 Å². The molecule has 0 amide bonds. The van der Waals surface area contributed by atoms with Gasteiger partial charge in [-0.25, -0.2) is 0 Å². The predicted molar refractivity (Wildman–Crippen MR) is 45.6 cm³/mol. The summed E-state index contributed by atoms with van der Waals surface area (Å²) in [6.07, 6.45) is -1.54. The molecule has 0 saturated carbocycles. The van der Waals surface area contributed by atoms with Crippen LogP contribution in [0, 0.1) is 0 Å². The second-order valence-corrected chi connectivity index (χ2v) is 3.55. The van der Waals surface area contributed by atoms with Gasteiger partial charge in [0.15, 0.2) is 5.78 Å². The van der Waals surface area contributed by atoms with Crippen molar-refractivity contribution in [1.29, 1.82) is 0 Å². The van der Waals surface area contributed by atoms with Crippen LogP contribution in [0.2, 0.25) is 0 Å². The molecule has 15 heavy (non-hydrogen) atoms. The van der Waals surface area contributed by atoms with Crippen molar-refractivity contribution in [2.45, 2.75) is 32.0 Å². The van der Waals surface area contributed by atoms with Crippen molar-refractivity contribution in [1.82, 2.24) is 9.78 Å². The first-order valence-corrected chi connectivity index (χ1v) is 4.62. The normalized spacial score (nSPS) is 16.6. The Bertz CT molecular complexity index is 395. The number of alkyl halides is 3. The van der Waals surface area contributed by atoms with Crippen LogP contribution < -0.4 is 0 Å². The molecular formula is C9H9F3N2O. The molecule has 82 valence electrons. The van der Waals surface area contributed by atoms with Crippen LogP contribution in [-0.4, -0.2) is 21.7 Å². The second kappa shape index (κ2) is 3.36. The standard InChI is InChI=1S/C9H9F3N2O/c10-9(11,12)5-14-7-2-1-3-8(15)6(7)4-13-14/h4H,1-3,5H2. The maximum absolute atomic E-state index is 12.1. The minimum Gasteiger partial charge on any atom is -0.294 e. The molecule has 0 spiro atoms. The summed E-state index contributed by atoms with van der Waals surface area (Å²) >= 11 is 0. The zero-order valence-electron chi connectivity index (χ0n) is 7.84. The number of halogens is 3. The van der Waals surface area contributed by atoms with Crippen molar-refractivity contribution in [2.75, 3.05) is 0 Å². The number of fused-ring (bicyclic) bond motifs is 1. The Balaban J connectivity index is 2.31. The third-order valence-corrected chi connectivity index (χ3v) is 2.40. The van der Waals surface area contributed by atoms with E-state index in [-0.39, 0.29) is 5.78 Å². The number of carbonyl (C=O) groups excluding carboxylic acids is 1. The van der Waals surface area contributed by atoms with Crippen LogP contribution in [0.15, 0.2) is 6.20 Å². The van der Waals surface area contributed by atoms with Gasteiger partial charge in [-0.2, -0.15) is 18.3 Å². The van der Waals surface area contributed by atoms with E-state index in [4.69, 9.17) is 0 Å². The number of hydrogen-bond acceptors (Lipinski definition) is 2. The molecule has 1 aliphatic rings.